The molecule has 0 saturated carbocycles. The molecule has 0 aliphatic heterocycles. The standard InChI is InChI=1S/C15H22ClN5O/c1-5-20-11(3)13(9-18-20)8-17-14(22)6-7-21-12(4)15(16)10(2)19-21/h9H,5-8H2,1-4H3,(H,17,22). The zero-order valence-electron chi connectivity index (χ0n) is 13.5. The van der Waals surface area contributed by atoms with E-state index in [1.165, 1.54) is 0 Å². The van der Waals surface area contributed by atoms with Gasteiger partial charge in [-0.2, -0.15) is 10.2 Å². The van der Waals surface area contributed by atoms with Crippen molar-refractivity contribution in [2.45, 2.75) is 53.8 Å². The van der Waals surface area contributed by atoms with Crippen LogP contribution in [-0.2, 0) is 24.4 Å². The Balaban J connectivity index is 1.85. The lowest BCUT2D eigenvalue weighted by atomic mass is 10.2. The van der Waals surface area contributed by atoms with Crippen molar-refractivity contribution in [2.75, 3.05) is 0 Å². The van der Waals surface area contributed by atoms with E-state index in [9.17, 15) is 4.79 Å². The number of hydrogen-bond donors (Lipinski definition) is 1. The minimum absolute atomic E-state index is 0.00711. The van der Waals surface area contributed by atoms with Gasteiger partial charge in [0.05, 0.1) is 29.2 Å². The van der Waals surface area contributed by atoms with Gasteiger partial charge in [-0.25, -0.2) is 0 Å². The van der Waals surface area contributed by atoms with E-state index < -0.39 is 0 Å². The smallest absolute Gasteiger partial charge is 0.222 e. The molecule has 0 saturated heterocycles. The number of hydrogen-bond acceptors (Lipinski definition) is 3. The molecule has 1 amide bonds. The third kappa shape index (κ3) is 3.50. The average molecular weight is 324 g/mol. The Labute approximate surface area is 135 Å². The molecule has 2 heterocycles. The number of amides is 1. The molecule has 120 valence electrons. The van der Waals surface area contributed by atoms with E-state index in [2.05, 4.69) is 15.5 Å². The number of nitrogens with one attached hydrogen (secondary N) is 1. The fourth-order valence-corrected chi connectivity index (χ4v) is 2.50. The van der Waals surface area contributed by atoms with Crippen molar-refractivity contribution in [3.05, 3.63) is 33.9 Å². The summed E-state index contributed by atoms with van der Waals surface area (Å²) in [6.07, 6.45) is 2.18. The topological polar surface area (TPSA) is 64.7 Å². The van der Waals surface area contributed by atoms with E-state index in [4.69, 9.17) is 11.6 Å². The molecule has 0 atom stereocenters. The quantitative estimate of drug-likeness (QED) is 0.887. The molecular weight excluding hydrogens is 302 g/mol. The van der Waals surface area contributed by atoms with Crippen LogP contribution < -0.4 is 5.32 Å². The second-order valence-electron chi connectivity index (χ2n) is 5.31. The Morgan fingerprint density at radius 2 is 2.00 bits per heavy atom. The van der Waals surface area contributed by atoms with Gasteiger partial charge in [0.2, 0.25) is 5.91 Å². The molecule has 6 nitrogen and oxygen atoms in total. The first kappa shape index (κ1) is 16.5. The van der Waals surface area contributed by atoms with E-state index >= 15 is 0 Å². The fourth-order valence-electron chi connectivity index (χ4n) is 2.36. The van der Waals surface area contributed by atoms with Crippen LogP contribution in [0.1, 0.15) is 36.0 Å². The minimum atomic E-state index is -0.00711. The predicted molar refractivity (Wildman–Crippen MR) is 85.8 cm³/mol. The van der Waals surface area contributed by atoms with Crippen molar-refractivity contribution >= 4 is 17.5 Å². The summed E-state index contributed by atoms with van der Waals surface area (Å²) in [6, 6.07) is 0. The molecule has 0 radical (unpaired) electrons. The summed E-state index contributed by atoms with van der Waals surface area (Å²) in [6.45, 7) is 9.68. The lowest BCUT2D eigenvalue weighted by Gasteiger charge is -2.07. The van der Waals surface area contributed by atoms with Crippen molar-refractivity contribution in [3.63, 3.8) is 0 Å². The Kier molecular flexibility index (Phi) is 5.24. The average Bonchev–Trinajstić information content (AvgIpc) is 2.98. The van der Waals surface area contributed by atoms with E-state index in [1.807, 2.05) is 32.4 Å². The van der Waals surface area contributed by atoms with Crippen LogP contribution >= 0.6 is 11.6 Å². The molecule has 0 fully saturated rings. The van der Waals surface area contributed by atoms with Crippen molar-refractivity contribution in [3.8, 4) is 0 Å². The molecule has 2 rings (SSSR count). The summed E-state index contributed by atoms with van der Waals surface area (Å²) in [7, 11) is 0. The monoisotopic (exact) mass is 323 g/mol. The molecule has 0 spiro atoms. The van der Waals surface area contributed by atoms with E-state index in [0.717, 1.165) is 29.2 Å². The van der Waals surface area contributed by atoms with Gasteiger partial charge >= 0.3 is 0 Å². The molecular formula is C15H22ClN5O. The van der Waals surface area contributed by atoms with Gasteiger partial charge in [-0.3, -0.25) is 14.2 Å². The molecule has 2 aromatic rings. The molecule has 1 N–H and O–H groups in total. The summed E-state index contributed by atoms with van der Waals surface area (Å²) in [5.41, 5.74) is 3.83. The van der Waals surface area contributed by atoms with Crippen molar-refractivity contribution < 1.29 is 4.79 Å². The predicted octanol–water partition coefficient (Wildman–Crippen LogP) is 2.38. The van der Waals surface area contributed by atoms with Crippen molar-refractivity contribution in [1.82, 2.24) is 24.9 Å². The van der Waals surface area contributed by atoms with Gasteiger partial charge in [0.25, 0.3) is 0 Å². The molecule has 0 bridgehead atoms. The minimum Gasteiger partial charge on any atom is -0.352 e. The maximum Gasteiger partial charge on any atom is 0.222 e. The first-order chi connectivity index (χ1) is 10.4. The molecule has 0 aliphatic rings. The number of rotatable bonds is 6. The van der Waals surface area contributed by atoms with Gasteiger partial charge in [-0.05, 0) is 27.7 Å². The van der Waals surface area contributed by atoms with Crippen LogP contribution in [0.4, 0.5) is 0 Å². The van der Waals surface area contributed by atoms with Gasteiger partial charge in [-0.1, -0.05) is 11.6 Å². The lowest BCUT2D eigenvalue weighted by molar-refractivity contribution is -0.121. The summed E-state index contributed by atoms with van der Waals surface area (Å²) in [5, 5.41) is 12.2. The highest BCUT2D eigenvalue weighted by Gasteiger charge is 2.11. The number of carbonyl (C=O) groups is 1. The second-order valence-corrected chi connectivity index (χ2v) is 5.68. The highest BCUT2D eigenvalue weighted by molar-refractivity contribution is 6.31. The van der Waals surface area contributed by atoms with Crippen molar-refractivity contribution in [2.24, 2.45) is 0 Å². The van der Waals surface area contributed by atoms with Crippen LogP contribution in [0.15, 0.2) is 6.20 Å². The van der Waals surface area contributed by atoms with E-state index in [1.54, 1.807) is 10.9 Å². The summed E-state index contributed by atoms with van der Waals surface area (Å²) >= 11 is 6.10. The number of carbonyl (C=O) groups excluding carboxylic acids is 1. The van der Waals surface area contributed by atoms with Gasteiger partial charge in [-0.15, -0.1) is 0 Å². The maximum atomic E-state index is 12.0. The first-order valence-electron chi connectivity index (χ1n) is 7.41. The molecule has 0 aliphatic carbocycles. The molecule has 7 heteroatoms. The van der Waals surface area contributed by atoms with Gasteiger partial charge in [0.1, 0.15) is 0 Å². The van der Waals surface area contributed by atoms with E-state index in [-0.39, 0.29) is 5.91 Å². The summed E-state index contributed by atoms with van der Waals surface area (Å²) in [4.78, 5) is 12.0. The number of aromatic nitrogens is 4. The normalized spacial score (nSPS) is 11.0. The first-order valence-corrected chi connectivity index (χ1v) is 7.79. The Morgan fingerprint density at radius 1 is 1.27 bits per heavy atom. The van der Waals surface area contributed by atoms with Crippen LogP contribution in [0.3, 0.4) is 0 Å². The third-order valence-electron chi connectivity index (χ3n) is 3.82. The van der Waals surface area contributed by atoms with Gasteiger partial charge in [0, 0.05) is 30.8 Å². The van der Waals surface area contributed by atoms with E-state index in [0.29, 0.717) is 24.5 Å². The van der Waals surface area contributed by atoms with Gasteiger partial charge < -0.3 is 5.32 Å². The second kappa shape index (κ2) is 6.96. The molecule has 0 unspecified atom stereocenters. The van der Waals surface area contributed by atoms with Crippen LogP contribution in [-0.4, -0.2) is 25.5 Å². The number of aryl methyl sites for hydroxylation is 3. The SMILES string of the molecule is CCn1ncc(CNC(=O)CCn2nc(C)c(Cl)c2C)c1C. The van der Waals surface area contributed by atoms with Crippen LogP contribution in [0.25, 0.3) is 0 Å². The fraction of sp³-hybridized carbons (Fsp3) is 0.533. The summed E-state index contributed by atoms with van der Waals surface area (Å²) < 4.78 is 3.69. The van der Waals surface area contributed by atoms with Crippen LogP contribution in [0, 0.1) is 20.8 Å². The van der Waals surface area contributed by atoms with Crippen LogP contribution in [0.2, 0.25) is 5.02 Å². The lowest BCUT2D eigenvalue weighted by Crippen LogP contribution is -2.24. The number of halogens is 1. The van der Waals surface area contributed by atoms with Gasteiger partial charge in [0.15, 0.2) is 0 Å². The maximum absolute atomic E-state index is 12.0. The number of nitrogens with zero attached hydrogens (tertiary/aromatic N) is 4. The highest BCUT2D eigenvalue weighted by Crippen LogP contribution is 2.18. The largest absolute Gasteiger partial charge is 0.352 e. The van der Waals surface area contributed by atoms with Crippen molar-refractivity contribution in [1.29, 1.82) is 0 Å². The Bertz CT molecular complexity index is 674. The Morgan fingerprint density at radius 3 is 2.55 bits per heavy atom. The van der Waals surface area contributed by atoms with Crippen LogP contribution in [0.5, 0.6) is 0 Å². The summed E-state index contributed by atoms with van der Waals surface area (Å²) in [5.74, 6) is -0.00711. The highest BCUT2D eigenvalue weighted by atomic mass is 35.5. The third-order valence-corrected chi connectivity index (χ3v) is 4.37. The zero-order valence-corrected chi connectivity index (χ0v) is 14.2. The Hall–Kier alpha value is -1.82. The molecule has 2 aromatic heterocycles. The molecule has 22 heavy (non-hydrogen) atoms. The zero-order chi connectivity index (χ0) is 16.3. The molecule has 0 aromatic carbocycles.